The molecule has 9 heteroatoms. The second-order valence-electron chi connectivity index (χ2n) is 6.74. The van der Waals surface area contributed by atoms with E-state index in [0.29, 0.717) is 38.4 Å². The molecule has 2 aromatic carbocycles. The predicted octanol–water partition coefficient (Wildman–Crippen LogP) is 6.23. The molecular weight excluding hydrogens is 425 g/mol. The van der Waals surface area contributed by atoms with Gasteiger partial charge in [-0.3, -0.25) is 4.98 Å². The van der Waals surface area contributed by atoms with Crippen molar-refractivity contribution in [2.24, 2.45) is 0 Å². The summed E-state index contributed by atoms with van der Waals surface area (Å²) in [4.78, 5) is 8.86. The number of rotatable bonds is 3. The van der Waals surface area contributed by atoms with E-state index >= 15 is 0 Å². The monoisotopic (exact) mass is 436 g/mol. The first kappa shape index (κ1) is 18.4. The first-order valence-corrected chi connectivity index (χ1v) is 9.91. The number of pyridine rings is 1. The van der Waals surface area contributed by atoms with Crippen molar-refractivity contribution in [1.82, 2.24) is 9.97 Å². The highest BCUT2D eigenvalue weighted by Crippen LogP contribution is 2.43. The van der Waals surface area contributed by atoms with Crippen LogP contribution in [0.5, 0.6) is 11.5 Å². The second kappa shape index (κ2) is 6.74. The van der Waals surface area contributed by atoms with Gasteiger partial charge in [0, 0.05) is 34.0 Å². The van der Waals surface area contributed by atoms with Gasteiger partial charge < -0.3 is 9.47 Å². The molecule has 1 atom stereocenters. The Balaban J connectivity index is 1.69. The zero-order chi connectivity index (χ0) is 20.3. The lowest BCUT2D eigenvalue weighted by Crippen LogP contribution is -2.05. The molecule has 5 rings (SSSR count). The number of alkyl halides is 2. The van der Waals surface area contributed by atoms with Crippen molar-refractivity contribution in [3.05, 3.63) is 46.9 Å². The molecule has 0 amide bonds. The summed E-state index contributed by atoms with van der Waals surface area (Å²) in [5, 5.41) is 1.55. The highest BCUT2D eigenvalue weighted by molar-refractivity contribution is 7.22. The van der Waals surface area contributed by atoms with Crippen LogP contribution < -0.4 is 9.47 Å². The average Bonchev–Trinajstić information content (AvgIpc) is 3.23. The third-order valence-corrected chi connectivity index (χ3v) is 6.05. The van der Waals surface area contributed by atoms with Crippen molar-refractivity contribution in [3.63, 3.8) is 0 Å². The van der Waals surface area contributed by atoms with Crippen molar-refractivity contribution in [2.45, 2.75) is 26.1 Å². The molecule has 0 fully saturated rings. The number of hydrogen-bond donors (Lipinski definition) is 0. The van der Waals surface area contributed by atoms with E-state index in [9.17, 15) is 13.2 Å². The van der Waals surface area contributed by atoms with Crippen LogP contribution in [0.4, 0.5) is 13.2 Å². The summed E-state index contributed by atoms with van der Waals surface area (Å²) in [5.41, 5.74) is 2.52. The predicted molar refractivity (Wildman–Crippen MR) is 106 cm³/mol. The summed E-state index contributed by atoms with van der Waals surface area (Å²) in [6.45, 7) is -1.06. The third kappa shape index (κ3) is 3.16. The van der Waals surface area contributed by atoms with Crippen LogP contribution in [0.25, 0.3) is 31.7 Å². The Bertz CT molecular complexity index is 1280. The molecule has 2 aromatic heterocycles. The molecule has 0 bridgehead atoms. The molecule has 29 heavy (non-hydrogen) atoms. The summed E-state index contributed by atoms with van der Waals surface area (Å²) >= 11 is 7.65. The zero-order valence-corrected chi connectivity index (χ0v) is 16.5. The van der Waals surface area contributed by atoms with Gasteiger partial charge in [-0.1, -0.05) is 11.6 Å². The maximum atomic E-state index is 14.4. The van der Waals surface area contributed by atoms with Gasteiger partial charge in [0.25, 0.3) is 0 Å². The number of hydrogen-bond acceptors (Lipinski definition) is 5. The van der Waals surface area contributed by atoms with Gasteiger partial charge in [0.05, 0.1) is 21.9 Å². The maximum Gasteiger partial charge on any atom is 0.387 e. The quantitative estimate of drug-likeness (QED) is 0.382. The minimum absolute atomic E-state index is 0.0592. The molecule has 4 aromatic rings. The summed E-state index contributed by atoms with van der Waals surface area (Å²) in [6.07, 6.45) is 1.73. The van der Waals surface area contributed by atoms with Crippen LogP contribution in [0.3, 0.4) is 0 Å². The Kier molecular flexibility index (Phi) is 4.29. The van der Waals surface area contributed by atoms with Gasteiger partial charge in [-0.15, -0.1) is 11.3 Å². The lowest BCUT2D eigenvalue weighted by atomic mass is 10.1. The number of benzene rings is 2. The van der Waals surface area contributed by atoms with E-state index in [-0.39, 0.29) is 17.6 Å². The largest absolute Gasteiger partial charge is 0.487 e. The van der Waals surface area contributed by atoms with Gasteiger partial charge >= 0.3 is 6.61 Å². The normalized spacial score (nSPS) is 15.9. The van der Waals surface area contributed by atoms with E-state index in [2.05, 4.69) is 14.7 Å². The molecule has 0 spiro atoms. The highest BCUT2D eigenvalue weighted by Gasteiger charge is 2.27. The van der Waals surface area contributed by atoms with E-state index in [1.807, 2.05) is 6.92 Å². The van der Waals surface area contributed by atoms with Gasteiger partial charge in [-0.05, 0) is 25.1 Å². The van der Waals surface area contributed by atoms with Crippen LogP contribution in [0.2, 0.25) is 5.02 Å². The topological polar surface area (TPSA) is 44.2 Å². The number of ether oxygens (including phenoxy) is 2. The van der Waals surface area contributed by atoms with Crippen molar-refractivity contribution >= 4 is 44.1 Å². The highest BCUT2D eigenvalue weighted by atomic mass is 35.5. The summed E-state index contributed by atoms with van der Waals surface area (Å²) in [7, 11) is 0. The average molecular weight is 437 g/mol. The van der Waals surface area contributed by atoms with Crippen LogP contribution in [-0.2, 0) is 6.42 Å². The maximum absolute atomic E-state index is 14.4. The Morgan fingerprint density at radius 1 is 1.28 bits per heavy atom. The van der Waals surface area contributed by atoms with E-state index in [1.54, 1.807) is 12.1 Å². The first-order chi connectivity index (χ1) is 13.9. The SMILES string of the molecule is C[C@@H]1Cc2c(c(F)cc3nc(-c4cc(Cl)cc5cc(OC(F)F)cnc45)sc23)O1. The lowest BCUT2D eigenvalue weighted by molar-refractivity contribution is -0.0499. The van der Waals surface area contributed by atoms with Crippen molar-refractivity contribution in [1.29, 1.82) is 0 Å². The molecule has 0 aliphatic carbocycles. The Hall–Kier alpha value is -2.58. The van der Waals surface area contributed by atoms with E-state index in [1.165, 1.54) is 29.7 Å². The molecule has 1 aliphatic heterocycles. The molecule has 4 nitrogen and oxygen atoms in total. The minimum atomic E-state index is -2.95. The van der Waals surface area contributed by atoms with Gasteiger partial charge in [0.15, 0.2) is 11.6 Å². The molecule has 3 heterocycles. The Morgan fingerprint density at radius 3 is 2.90 bits per heavy atom. The van der Waals surface area contributed by atoms with E-state index in [0.717, 1.165) is 10.3 Å². The molecular formula is C20H12ClF3N2O2S. The fraction of sp³-hybridized carbons (Fsp3) is 0.200. The van der Waals surface area contributed by atoms with Gasteiger partial charge in [-0.25, -0.2) is 9.37 Å². The number of fused-ring (bicyclic) bond motifs is 4. The number of aromatic nitrogens is 2. The molecule has 0 saturated carbocycles. The van der Waals surface area contributed by atoms with Crippen LogP contribution in [0, 0.1) is 5.82 Å². The fourth-order valence-electron chi connectivity index (χ4n) is 3.56. The van der Waals surface area contributed by atoms with Crippen molar-refractivity contribution < 1.29 is 22.6 Å². The number of halogens is 4. The molecule has 0 N–H and O–H groups in total. The summed E-state index contributed by atoms with van der Waals surface area (Å²) in [6, 6.07) is 6.13. The van der Waals surface area contributed by atoms with Crippen LogP contribution >= 0.6 is 22.9 Å². The molecule has 148 valence electrons. The molecule has 0 saturated heterocycles. The molecule has 0 unspecified atom stereocenters. The number of nitrogens with zero attached hydrogens (tertiary/aromatic N) is 2. The fourth-order valence-corrected chi connectivity index (χ4v) is 4.90. The molecule has 0 radical (unpaired) electrons. The summed E-state index contributed by atoms with van der Waals surface area (Å²) in [5.74, 6) is -0.212. The van der Waals surface area contributed by atoms with E-state index in [4.69, 9.17) is 16.3 Å². The lowest BCUT2D eigenvalue weighted by Gasteiger charge is -2.08. The van der Waals surface area contributed by atoms with Gasteiger partial charge in [0.2, 0.25) is 0 Å². The van der Waals surface area contributed by atoms with Crippen molar-refractivity contribution in [3.8, 4) is 22.1 Å². The van der Waals surface area contributed by atoms with E-state index < -0.39 is 12.4 Å². The van der Waals surface area contributed by atoms with Crippen LogP contribution in [-0.4, -0.2) is 22.7 Å². The molecule has 1 aliphatic rings. The standard InChI is InChI=1S/C20H12ClF3N2O2S/c1-8-2-13-17(27-8)14(22)6-15-18(13)29-19(26-15)12-5-10(21)3-9-4-11(28-20(23)24)7-25-16(9)12/h3-8,20H,2H2,1H3/t8-/m1/s1. The Labute approximate surface area is 171 Å². The zero-order valence-electron chi connectivity index (χ0n) is 14.9. The number of thiazole rings is 1. The van der Waals surface area contributed by atoms with Crippen molar-refractivity contribution in [2.75, 3.05) is 0 Å². The minimum Gasteiger partial charge on any atom is -0.487 e. The Morgan fingerprint density at radius 2 is 2.10 bits per heavy atom. The van der Waals surface area contributed by atoms with Crippen LogP contribution in [0.15, 0.2) is 30.5 Å². The third-order valence-electron chi connectivity index (χ3n) is 4.67. The first-order valence-electron chi connectivity index (χ1n) is 8.72. The van der Waals surface area contributed by atoms with Gasteiger partial charge in [-0.2, -0.15) is 8.78 Å². The second-order valence-corrected chi connectivity index (χ2v) is 8.18. The smallest absolute Gasteiger partial charge is 0.387 e. The van der Waals surface area contributed by atoms with Crippen LogP contribution in [0.1, 0.15) is 12.5 Å². The summed E-state index contributed by atoms with van der Waals surface area (Å²) < 4.78 is 50.3. The van der Waals surface area contributed by atoms with Gasteiger partial charge in [0.1, 0.15) is 16.9 Å².